The van der Waals surface area contributed by atoms with Crippen molar-refractivity contribution in [3.8, 4) is 5.75 Å². The van der Waals surface area contributed by atoms with E-state index in [0.717, 1.165) is 5.69 Å². The predicted molar refractivity (Wildman–Crippen MR) is 88.9 cm³/mol. The zero-order valence-corrected chi connectivity index (χ0v) is 13.5. The minimum atomic E-state index is -0.591. The van der Waals surface area contributed by atoms with E-state index in [9.17, 15) is 9.90 Å². The molecule has 124 valence electrons. The molecule has 3 aromatic rings. The quantitative estimate of drug-likeness (QED) is 0.688. The molecule has 0 bridgehead atoms. The van der Waals surface area contributed by atoms with E-state index in [1.807, 2.05) is 5.38 Å². The van der Waals surface area contributed by atoms with Crippen LogP contribution in [0.25, 0.3) is 0 Å². The molecule has 1 unspecified atom stereocenters. The second kappa shape index (κ2) is 7.76. The van der Waals surface area contributed by atoms with E-state index in [0.29, 0.717) is 23.7 Å². The Labute approximate surface area is 142 Å². The lowest BCUT2D eigenvalue weighted by Crippen LogP contribution is -2.30. The number of furan rings is 1. The second-order valence-electron chi connectivity index (χ2n) is 5.02. The summed E-state index contributed by atoms with van der Waals surface area (Å²) < 4.78 is 10.9. The number of amides is 1. The van der Waals surface area contributed by atoms with Crippen LogP contribution >= 0.6 is 11.3 Å². The highest BCUT2D eigenvalue weighted by Gasteiger charge is 2.17. The zero-order chi connectivity index (χ0) is 16.8. The van der Waals surface area contributed by atoms with Gasteiger partial charge in [-0.25, -0.2) is 4.98 Å². The first-order chi connectivity index (χ1) is 11.8. The number of nitrogens with zero attached hydrogens (tertiary/aromatic N) is 1. The van der Waals surface area contributed by atoms with Crippen LogP contribution in [-0.2, 0) is 6.61 Å². The maximum Gasteiger partial charge on any atom is 0.252 e. The molecule has 0 spiro atoms. The van der Waals surface area contributed by atoms with Crippen molar-refractivity contribution in [2.24, 2.45) is 0 Å². The number of aliphatic hydroxyl groups excluding tert-OH is 1. The third-order valence-electron chi connectivity index (χ3n) is 3.34. The van der Waals surface area contributed by atoms with E-state index in [2.05, 4.69) is 10.3 Å². The molecule has 2 heterocycles. The Hall–Kier alpha value is -2.64. The average Bonchev–Trinajstić information content (AvgIpc) is 3.31. The maximum atomic E-state index is 12.4. The molecule has 6 nitrogen and oxygen atoms in total. The van der Waals surface area contributed by atoms with Gasteiger partial charge in [0.25, 0.3) is 5.91 Å². The summed E-state index contributed by atoms with van der Waals surface area (Å²) in [5.74, 6) is 0.764. The van der Waals surface area contributed by atoms with E-state index in [-0.39, 0.29) is 12.5 Å². The van der Waals surface area contributed by atoms with Crippen LogP contribution < -0.4 is 10.1 Å². The minimum Gasteiger partial charge on any atom is -0.487 e. The van der Waals surface area contributed by atoms with E-state index in [1.54, 1.807) is 41.9 Å². The molecule has 1 aromatic carbocycles. The number of rotatable bonds is 7. The summed E-state index contributed by atoms with van der Waals surface area (Å²) in [7, 11) is 0. The van der Waals surface area contributed by atoms with Gasteiger partial charge in [-0.15, -0.1) is 11.3 Å². The molecule has 24 heavy (non-hydrogen) atoms. The Morgan fingerprint density at radius 3 is 3.00 bits per heavy atom. The highest BCUT2D eigenvalue weighted by atomic mass is 32.1. The van der Waals surface area contributed by atoms with Crippen LogP contribution in [0.2, 0.25) is 0 Å². The number of carbonyl (C=O) groups excluding carboxylic acids is 1. The van der Waals surface area contributed by atoms with Gasteiger partial charge in [0.2, 0.25) is 0 Å². The zero-order valence-electron chi connectivity index (χ0n) is 12.7. The Morgan fingerprint density at radius 2 is 2.29 bits per heavy atom. The molecule has 0 aliphatic rings. The van der Waals surface area contributed by atoms with Gasteiger partial charge in [-0.05, 0) is 30.3 Å². The highest BCUT2D eigenvalue weighted by molar-refractivity contribution is 7.07. The number of ether oxygens (including phenoxy) is 1. The molecule has 0 radical (unpaired) electrons. The van der Waals surface area contributed by atoms with Crippen molar-refractivity contribution in [1.29, 1.82) is 0 Å². The van der Waals surface area contributed by atoms with Gasteiger partial charge in [0, 0.05) is 10.9 Å². The SMILES string of the molecule is O=C(NC(CO)c1ccco1)c1cccc(OCc2cscn2)c1. The number of hydrogen-bond donors (Lipinski definition) is 2. The Bertz CT molecular complexity index is 772. The first-order valence-corrected chi connectivity index (χ1v) is 8.25. The van der Waals surface area contributed by atoms with Crippen LogP contribution in [0.5, 0.6) is 5.75 Å². The highest BCUT2D eigenvalue weighted by Crippen LogP contribution is 2.17. The third kappa shape index (κ3) is 4.01. The number of aliphatic hydroxyl groups is 1. The Kier molecular flexibility index (Phi) is 5.25. The molecule has 2 N–H and O–H groups in total. The average molecular weight is 344 g/mol. The third-order valence-corrected chi connectivity index (χ3v) is 3.98. The molecular weight excluding hydrogens is 328 g/mol. The number of carbonyl (C=O) groups is 1. The number of aromatic nitrogens is 1. The second-order valence-corrected chi connectivity index (χ2v) is 5.74. The molecule has 2 aromatic heterocycles. The van der Waals surface area contributed by atoms with Gasteiger partial charge < -0.3 is 19.6 Å². The number of benzene rings is 1. The van der Waals surface area contributed by atoms with E-state index >= 15 is 0 Å². The fourth-order valence-corrected chi connectivity index (χ4v) is 2.67. The van der Waals surface area contributed by atoms with Gasteiger partial charge in [-0.1, -0.05) is 6.07 Å². The van der Waals surface area contributed by atoms with Crippen molar-refractivity contribution >= 4 is 17.2 Å². The molecule has 0 fully saturated rings. The smallest absolute Gasteiger partial charge is 0.252 e. The number of thiazole rings is 1. The summed E-state index contributed by atoms with van der Waals surface area (Å²) in [5, 5.41) is 14.1. The Balaban J connectivity index is 1.65. The minimum absolute atomic E-state index is 0.251. The molecule has 0 aliphatic heterocycles. The lowest BCUT2D eigenvalue weighted by Gasteiger charge is -2.14. The first-order valence-electron chi connectivity index (χ1n) is 7.31. The molecule has 1 atom stereocenters. The summed E-state index contributed by atoms with van der Waals surface area (Å²) in [5.41, 5.74) is 3.02. The topological polar surface area (TPSA) is 84.6 Å². The Morgan fingerprint density at radius 1 is 1.38 bits per heavy atom. The van der Waals surface area contributed by atoms with Crippen LogP contribution in [-0.4, -0.2) is 22.6 Å². The fourth-order valence-electron chi connectivity index (χ4n) is 2.13. The molecule has 0 aliphatic carbocycles. The summed E-state index contributed by atoms with van der Waals surface area (Å²) in [6.45, 7) is 0.0967. The predicted octanol–water partition coefficient (Wildman–Crippen LogP) is 2.78. The van der Waals surface area contributed by atoms with Crippen molar-refractivity contribution in [3.63, 3.8) is 0 Å². The lowest BCUT2D eigenvalue weighted by molar-refractivity contribution is 0.0907. The van der Waals surface area contributed by atoms with Crippen LogP contribution in [0.1, 0.15) is 27.9 Å². The van der Waals surface area contributed by atoms with Crippen LogP contribution in [0.4, 0.5) is 0 Å². The van der Waals surface area contributed by atoms with Crippen molar-refractivity contribution in [3.05, 3.63) is 70.6 Å². The van der Waals surface area contributed by atoms with Crippen molar-refractivity contribution in [1.82, 2.24) is 10.3 Å². The van der Waals surface area contributed by atoms with Gasteiger partial charge in [-0.3, -0.25) is 4.79 Å². The summed E-state index contributed by atoms with van der Waals surface area (Å²) in [6, 6.07) is 9.67. The molecule has 3 rings (SSSR count). The first kappa shape index (κ1) is 16.2. The lowest BCUT2D eigenvalue weighted by atomic mass is 10.1. The molecule has 1 amide bonds. The van der Waals surface area contributed by atoms with Gasteiger partial charge >= 0.3 is 0 Å². The van der Waals surface area contributed by atoms with E-state index in [1.165, 1.54) is 17.6 Å². The number of nitrogens with one attached hydrogen (secondary N) is 1. The van der Waals surface area contributed by atoms with Crippen molar-refractivity contribution in [2.45, 2.75) is 12.6 Å². The molecular formula is C17H16N2O4S. The molecule has 0 saturated heterocycles. The summed E-state index contributed by atoms with van der Waals surface area (Å²) in [6.07, 6.45) is 1.50. The standard InChI is InChI=1S/C17H16N2O4S/c20-8-15(16-5-2-6-22-16)19-17(21)12-3-1-4-14(7-12)23-9-13-10-24-11-18-13/h1-7,10-11,15,20H,8-9H2,(H,19,21). The molecule has 0 saturated carbocycles. The summed E-state index contributed by atoms with van der Waals surface area (Å²) in [4.78, 5) is 16.5. The normalized spacial score (nSPS) is 11.9. The van der Waals surface area contributed by atoms with Gasteiger partial charge in [0.15, 0.2) is 0 Å². The van der Waals surface area contributed by atoms with Crippen LogP contribution in [0, 0.1) is 0 Å². The van der Waals surface area contributed by atoms with Gasteiger partial charge in [0.1, 0.15) is 24.2 Å². The van der Waals surface area contributed by atoms with Gasteiger partial charge in [-0.2, -0.15) is 0 Å². The van der Waals surface area contributed by atoms with Crippen molar-refractivity contribution in [2.75, 3.05) is 6.61 Å². The van der Waals surface area contributed by atoms with Gasteiger partial charge in [0.05, 0.1) is 24.1 Å². The fraction of sp³-hybridized carbons (Fsp3) is 0.176. The van der Waals surface area contributed by atoms with E-state index < -0.39 is 6.04 Å². The molecule has 7 heteroatoms. The largest absolute Gasteiger partial charge is 0.487 e. The van der Waals surface area contributed by atoms with Crippen LogP contribution in [0.3, 0.4) is 0 Å². The maximum absolute atomic E-state index is 12.4. The van der Waals surface area contributed by atoms with Crippen molar-refractivity contribution < 1.29 is 19.1 Å². The summed E-state index contributed by atoms with van der Waals surface area (Å²) >= 11 is 1.50. The van der Waals surface area contributed by atoms with Crippen LogP contribution in [0.15, 0.2) is 58.0 Å². The van der Waals surface area contributed by atoms with E-state index in [4.69, 9.17) is 9.15 Å². The monoisotopic (exact) mass is 344 g/mol. The number of hydrogen-bond acceptors (Lipinski definition) is 6.